The van der Waals surface area contributed by atoms with Gasteiger partial charge >= 0.3 is 0 Å². The predicted octanol–water partition coefficient (Wildman–Crippen LogP) is 3.34. The van der Waals surface area contributed by atoms with Crippen LogP contribution < -0.4 is 5.32 Å². The molecule has 1 N–H and O–H groups in total. The molecule has 0 amide bonds. The summed E-state index contributed by atoms with van der Waals surface area (Å²) in [6.07, 6.45) is 5.39. The Morgan fingerprint density at radius 3 is 2.78 bits per heavy atom. The number of nitrogens with one attached hydrogen (secondary N) is 1. The summed E-state index contributed by atoms with van der Waals surface area (Å²) in [5, 5.41) is 3.66. The van der Waals surface area contributed by atoms with Gasteiger partial charge in [0.05, 0.1) is 6.10 Å². The SMILES string of the molecule is COC1CCCC1NCCC(C)c1ccccc1. The minimum absolute atomic E-state index is 0.428. The molecule has 0 spiro atoms. The summed E-state index contributed by atoms with van der Waals surface area (Å²) in [5.41, 5.74) is 1.44. The first-order valence-electron chi connectivity index (χ1n) is 7.12. The molecule has 1 aliphatic carbocycles. The quantitative estimate of drug-likeness (QED) is 0.832. The van der Waals surface area contributed by atoms with Crippen LogP contribution in [0.4, 0.5) is 0 Å². The summed E-state index contributed by atoms with van der Waals surface area (Å²) < 4.78 is 5.50. The number of methoxy groups -OCH3 is 1. The molecule has 0 aromatic heterocycles. The van der Waals surface area contributed by atoms with Gasteiger partial charge in [0.15, 0.2) is 0 Å². The van der Waals surface area contributed by atoms with E-state index in [1.54, 1.807) is 0 Å². The highest BCUT2D eigenvalue weighted by molar-refractivity contribution is 5.18. The van der Waals surface area contributed by atoms with E-state index in [1.165, 1.54) is 31.2 Å². The Balaban J connectivity index is 1.72. The van der Waals surface area contributed by atoms with Gasteiger partial charge in [-0.05, 0) is 43.7 Å². The zero-order valence-electron chi connectivity index (χ0n) is 11.6. The molecule has 1 aromatic rings. The summed E-state index contributed by atoms with van der Waals surface area (Å²) >= 11 is 0. The fourth-order valence-electron chi connectivity index (χ4n) is 2.88. The topological polar surface area (TPSA) is 21.3 Å². The summed E-state index contributed by atoms with van der Waals surface area (Å²) in [4.78, 5) is 0. The van der Waals surface area contributed by atoms with Crippen molar-refractivity contribution in [2.45, 2.75) is 50.7 Å². The lowest BCUT2D eigenvalue weighted by Gasteiger charge is -2.21. The van der Waals surface area contributed by atoms with Crippen molar-refractivity contribution < 1.29 is 4.74 Å². The zero-order valence-corrected chi connectivity index (χ0v) is 11.6. The van der Waals surface area contributed by atoms with Gasteiger partial charge in [-0.2, -0.15) is 0 Å². The Kier molecular flexibility index (Phi) is 5.21. The second-order valence-electron chi connectivity index (χ2n) is 5.37. The summed E-state index contributed by atoms with van der Waals surface area (Å²) in [7, 11) is 1.83. The maximum absolute atomic E-state index is 5.50. The highest BCUT2D eigenvalue weighted by atomic mass is 16.5. The molecule has 1 saturated carbocycles. The van der Waals surface area contributed by atoms with Crippen LogP contribution in [-0.4, -0.2) is 25.8 Å². The molecule has 0 heterocycles. The van der Waals surface area contributed by atoms with Gasteiger partial charge in [-0.1, -0.05) is 37.3 Å². The van der Waals surface area contributed by atoms with Crippen molar-refractivity contribution in [3.8, 4) is 0 Å². The fraction of sp³-hybridized carbons (Fsp3) is 0.625. The summed E-state index contributed by atoms with van der Waals surface area (Å²) in [6, 6.07) is 11.3. The van der Waals surface area contributed by atoms with E-state index < -0.39 is 0 Å². The van der Waals surface area contributed by atoms with E-state index >= 15 is 0 Å². The van der Waals surface area contributed by atoms with Gasteiger partial charge in [-0.15, -0.1) is 0 Å². The van der Waals surface area contributed by atoms with Crippen LogP contribution in [0.15, 0.2) is 30.3 Å². The number of hydrogen-bond donors (Lipinski definition) is 1. The Bertz CT molecular complexity index is 338. The van der Waals surface area contributed by atoms with Crippen molar-refractivity contribution in [1.29, 1.82) is 0 Å². The van der Waals surface area contributed by atoms with E-state index in [0.717, 1.165) is 6.54 Å². The van der Waals surface area contributed by atoms with Crippen LogP contribution in [-0.2, 0) is 4.74 Å². The molecular formula is C16H25NO. The first-order chi connectivity index (χ1) is 8.81. The molecule has 0 radical (unpaired) electrons. The van der Waals surface area contributed by atoms with Crippen LogP contribution in [0, 0.1) is 0 Å². The molecule has 1 aliphatic rings. The van der Waals surface area contributed by atoms with Crippen molar-refractivity contribution in [2.75, 3.05) is 13.7 Å². The third-order valence-electron chi connectivity index (χ3n) is 4.11. The summed E-state index contributed by atoms with van der Waals surface area (Å²) in [5.74, 6) is 0.626. The van der Waals surface area contributed by atoms with Crippen molar-refractivity contribution in [1.82, 2.24) is 5.32 Å². The lowest BCUT2D eigenvalue weighted by atomic mass is 9.98. The maximum atomic E-state index is 5.50. The van der Waals surface area contributed by atoms with Gasteiger partial charge in [0.1, 0.15) is 0 Å². The van der Waals surface area contributed by atoms with E-state index in [-0.39, 0.29) is 0 Å². The molecule has 0 saturated heterocycles. The van der Waals surface area contributed by atoms with Crippen LogP contribution in [0.5, 0.6) is 0 Å². The van der Waals surface area contributed by atoms with Crippen molar-refractivity contribution in [2.24, 2.45) is 0 Å². The first kappa shape index (κ1) is 13.6. The average molecular weight is 247 g/mol. The highest BCUT2D eigenvalue weighted by Gasteiger charge is 2.26. The fourth-order valence-corrected chi connectivity index (χ4v) is 2.88. The van der Waals surface area contributed by atoms with Crippen LogP contribution in [0.3, 0.4) is 0 Å². The van der Waals surface area contributed by atoms with E-state index in [9.17, 15) is 0 Å². The third kappa shape index (κ3) is 3.56. The van der Waals surface area contributed by atoms with Crippen LogP contribution in [0.2, 0.25) is 0 Å². The van der Waals surface area contributed by atoms with E-state index in [0.29, 0.717) is 18.1 Å². The third-order valence-corrected chi connectivity index (χ3v) is 4.11. The summed E-state index contributed by atoms with van der Waals surface area (Å²) in [6.45, 7) is 3.39. The van der Waals surface area contributed by atoms with Gasteiger partial charge in [0.25, 0.3) is 0 Å². The van der Waals surface area contributed by atoms with Gasteiger partial charge < -0.3 is 10.1 Å². The molecule has 3 atom stereocenters. The normalized spacial score (nSPS) is 25.2. The molecule has 18 heavy (non-hydrogen) atoms. The molecule has 1 aromatic carbocycles. The van der Waals surface area contributed by atoms with Crippen molar-refractivity contribution in [3.05, 3.63) is 35.9 Å². The molecule has 2 heteroatoms. The molecule has 0 aliphatic heterocycles. The second kappa shape index (κ2) is 6.91. The molecule has 100 valence electrons. The number of hydrogen-bond acceptors (Lipinski definition) is 2. The smallest absolute Gasteiger partial charge is 0.0724 e. The minimum atomic E-state index is 0.428. The Morgan fingerprint density at radius 1 is 1.28 bits per heavy atom. The van der Waals surface area contributed by atoms with Crippen molar-refractivity contribution in [3.63, 3.8) is 0 Å². The predicted molar refractivity (Wildman–Crippen MR) is 75.9 cm³/mol. The monoisotopic (exact) mass is 247 g/mol. The van der Waals surface area contributed by atoms with Crippen LogP contribution in [0.1, 0.15) is 44.1 Å². The van der Waals surface area contributed by atoms with Crippen molar-refractivity contribution >= 4 is 0 Å². The molecule has 2 rings (SSSR count). The van der Waals surface area contributed by atoms with Gasteiger partial charge in [-0.25, -0.2) is 0 Å². The molecule has 1 fully saturated rings. The largest absolute Gasteiger partial charge is 0.380 e. The first-order valence-corrected chi connectivity index (χ1v) is 7.12. The highest BCUT2D eigenvalue weighted by Crippen LogP contribution is 2.22. The Hall–Kier alpha value is -0.860. The maximum Gasteiger partial charge on any atom is 0.0724 e. The molecule has 2 nitrogen and oxygen atoms in total. The van der Waals surface area contributed by atoms with E-state index in [1.807, 2.05) is 7.11 Å². The van der Waals surface area contributed by atoms with Gasteiger partial charge in [0, 0.05) is 13.2 Å². The number of benzene rings is 1. The van der Waals surface area contributed by atoms with Gasteiger partial charge in [-0.3, -0.25) is 0 Å². The number of rotatable bonds is 6. The standard InChI is InChI=1S/C16H25NO/c1-13(14-7-4-3-5-8-14)11-12-17-15-9-6-10-16(15)18-2/h3-5,7-8,13,15-17H,6,9-12H2,1-2H3. The van der Waals surface area contributed by atoms with Crippen LogP contribution >= 0.6 is 0 Å². The number of ether oxygens (including phenoxy) is 1. The lowest BCUT2D eigenvalue weighted by molar-refractivity contribution is 0.0851. The van der Waals surface area contributed by atoms with E-state index in [2.05, 4.69) is 42.6 Å². The Labute approximate surface area is 111 Å². The second-order valence-corrected chi connectivity index (χ2v) is 5.37. The van der Waals surface area contributed by atoms with Gasteiger partial charge in [0.2, 0.25) is 0 Å². The zero-order chi connectivity index (χ0) is 12.8. The van der Waals surface area contributed by atoms with E-state index in [4.69, 9.17) is 4.74 Å². The average Bonchev–Trinajstić information content (AvgIpc) is 2.87. The molecular weight excluding hydrogens is 222 g/mol. The van der Waals surface area contributed by atoms with Crippen LogP contribution in [0.25, 0.3) is 0 Å². The lowest BCUT2D eigenvalue weighted by Crippen LogP contribution is -2.37. The minimum Gasteiger partial charge on any atom is -0.380 e. The molecule has 0 bridgehead atoms. The molecule has 3 unspecified atom stereocenters. The Morgan fingerprint density at radius 2 is 2.06 bits per heavy atom.